The number of para-hydroxylation sites is 1. The van der Waals surface area contributed by atoms with Crippen LogP contribution >= 0.6 is 0 Å². The van der Waals surface area contributed by atoms with E-state index in [9.17, 15) is 14.9 Å². The summed E-state index contributed by atoms with van der Waals surface area (Å²) in [6.45, 7) is 0. The van der Waals surface area contributed by atoms with E-state index >= 15 is 0 Å². The van der Waals surface area contributed by atoms with Gasteiger partial charge in [0.1, 0.15) is 11.3 Å². The summed E-state index contributed by atoms with van der Waals surface area (Å²) in [6.07, 6.45) is 1.29. The highest BCUT2D eigenvalue weighted by Crippen LogP contribution is 2.25. The van der Waals surface area contributed by atoms with Gasteiger partial charge in [0.25, 0.3) is 11.6 Å². The molecule has 2 rings (SSSR count). The van der Waals surface area contributed by atoms with Gasteiger partial charge in [0.15, 0.2) is 0 Å². The van der Waals surface area contributed by atoms with Crippen molar-refractivity contribution >= 4 is 17.3 Å². The quantitative estimate of drug-likeness (QED) is 0.659. The number of hydrogen-bond acceptors (Lipinski definition) is 7. The SMILES string of the molecule is COc1ncc(NC(=O)c2ccccc2[N+](=O)[O-])c(OC)n1. The summed E-state index contributed by atoms with van der Waals surface area (Å²) in [4.78, 5) is 30.3. The lowest BCUT2D eigenvalue weighted by atomic mass is 10.1. The number of nitrogens with zero attached hydrogens (tertiary/aromatic N) is 3. The number of nitro groups is 1. The first-order chi connectivity index (χ1) is 10.6. The van der Waals surface area contributed by atoms with Crippen LogP contribution in [0.1, 0.15) is 10.4 Å². The molecule has 0 spiro atoms. The van der Waals surface area contributed by atoms with Gasteiger partial charge in [-0.15, -0.1) is 0 Å². The van der Waals surface area contributed by atoms with Gasteiger partial charge in [0.05, 0.1) is 25.3 Å². The second-order valence-corrected chi connectivity index (χ2v) is 4.01. The molecule has 1 amide bonds. The van der Waals surface area contributed by atoms with Crippen molar-refractivity contribution in [3.05, 3.63) is 46.1 Å². The molecular formula is C13H12N4O5. The first kappa shape index (κ1) is 15.2. The summed E-state index contributed by atoms with van der Waals surface area (Å²) >= 11 is 0. The molecule has 1 N–H and O–H groups in total. The second-order valence-electron chi connectivity index (χ2n) is 4.01. The van der Waals surface area contributed by atoms with E-state index in [0.717, 1.165) is 0 Å². The smallest absolute Gasteiger partial charge is 0.319 e. The van der Waals surface area contributed by atoms with Crippen LogP contribution in [0.4, 0.5) is 11.4 Å². The number of amides is 1. The zero-order valence-electron chi connectivity index (χ0n) is 11.8. The molecule has 1 heterocycles. The minimum Gasteiger partial charge on any atom is -0.479 e. The third-order valence-electron chi connectivity index (χ3n) is 2.70. The van der Waals surface area contributed by atoms with Crippen molar-refractivity contribution in [2.75, 3.05) is 19.5 Å². The molecular weight excluding hydrogens is 292 g/mol. The first-order valence-electron chi connectivity index (χ1n) is 6.06. The van der Waals surface area contributed by atoms with Gasteiger partial charge in [-0.3, -0.25) is 14.9 Å². The Balaban J connectivity index is 2.32. The molecule has 0 saturated carbocycles. The number of aromatic nitrogens is 2. The molecule has 2 aromatic rings. The Hall–Kier alpha value is -3.23. The Morgan fingerprint density at radius 3 is 2.64 bits per heavy atom. The Bertz CT molecular complexity index is 719. The van der Waals surface area contributed by atoms with Crippen molar-refractivity contribution in [1.29, 1.82) is 0 Å². The van der Waals surface area contributed by atoms with E-state index in [4.69, 9.17) is 9.47 Å². The Labute approximate surface area is 125 Å². The molecule has 0 radical (unpaired) electrons. The third-order valence-corrected chi connectivity index (χ3v) is 2.70. The van der Waals surface area contributed by atoms with E-state index in [1.165, 1.54) is 44.7 Å². The molecule has 0 aliphatic rings. The largest absolute Gasteiger partial charge is 0.479 e. The number of carbonyl (C=O) groups is 1. The molecule has 9 nitrogen and oxygen atoms in total. The zero-order valence-corrected chi connectivity index (χ0v) is 11.8. The predicted molar refractivity (Wildman–Crippen MR) is 76.2 cm³/mol. The maximum atomic E-state index is 12.2. The summed E-state index contributed by atoms with van der Waals surface area (Å²) in [5, 5.41) is 13.4. The lowest BCUT2D eigenvalue weighted by Crippen LogP contribution is -2.15. The standard InChI is InChI=1S/C13H12N4O5/c1-21-12-9(7-14-13(16-12)22-2)15-11(18)8-5-3-4-6-10(8)17(19)20/h3-7H,1-2H3,(H,15,18). The zero-order chi connectivity index (χ0) is 16.1. The molecule has 22 heavy (non-hydrogen) atoms. The molecule has 0 bridgehead atoms. The van der Waals surface area contributed by atoms with E-state index < -0.39 is 10.8 Å². The van der Waals surface area contributed by atoms with Gasteiger partial charge < -0.3 is 14.8 Å². The summed E-state index contributed by atoms with van der Waals surface area (Å²) in [5.74, 6) is -0.585. The number of nitrogens with one attached hydrogen (secondary N) is 1. The highest BCUT2D eigenvalue weighted by molar-refractivity contribution is 6.07. The van der Waals surface area contributed by atoms with Gasteiger partial charge in [0.2, 0.25) is 5.88 Å². The molecule has 1 aromatic heterocycles. The lowest BCUT2D eigenvalue weighted by molar-refractivity contribution is -0.385. The molecule has 0 unspecified atom stereocenters. The van der Waals surface area contributed by atoms with Crippen molar-refractivity contribution in [2.24, 2.45) is 0 Å². The molecule has 0 atom stereocenters. The number of anilines is 1. The molecule has 0 aliphatic carbocycles. The summed E-state index contributed by atoms with van der Waals surface area (Å²) in [5.41, 5.74) is -0.204. The molecule has 1 aromatic carbocycles. The van der Waals surface area contributed by atoms with E-state index in [-0.39, 0.29) is 28.8 Å². The van der Waals surface area contributed by atoms with Gasteiger partial charge in [-0.2, -0.15) is 4.98 Å². The number of ether oxygens (including phenoxy) is 2. The van der Waals surface area contributed by atoms with Crippen molar-refractivity contribution < 1.29 is 19.2 Å². The van der Waals surface area contributed by atoms with Crippen molar-refractivity contribution in [2.45, 2.75) is 0 Å². The third kappa shape index (κ3) is 3.08. The lowest BCUT2D eigenvalue weighted by Gasteiger charge is -2.09. The van der Waals surface area contributed by atoms with E-state index in [2.05, 4.69) is 15.3 Å². The maximum absolute atomic E-state index is 12.2. The Kier molecular flexibility index (Phi) is 4.47. The van der Waals surface area contributed by atoms with Crippen LogP contribution in [0.15, 0.2) is 30.5 Å². The van der Waals surface area contributed by atoms with Crippen molar-refractivity contribution in [1.82, 2.24) is 9.97 Å². The first-order valence-corrected chi connectivity index (χ1v) is 6.06. The number of hydrogen-bond donors (Lipinski definition) is 1. The van der Waals surface area contributed by atoms with Crippen LogP contribution in [0.25, 0.3) is 0 Å². The fourth-order valence-corrected chi connectivity index (χ4v) is 1.71. The fraction of sp³-hybridized carbons (Fsp3) is 0.154. The van der Waals surface area contributed by atoms with E-state index in [0.29, 0.717) is 0 Å². The van der Waals surface area contributed by atoms with Crippen molar-refractivity contribution in [3.63, 3.8) is 0 Å². The van der Waals surface area contributed by atoms with Gasteiger partial charge in [-0.25, -0.2) is 4.98 Å². The average Bonchev–Trinajstić information content (AvgIpc) is 2.55. The minimum absolute atomic E-state index is 0.0699. The van der Waals surface area contributed by atoms with Crippen LogP contribution in [-0.2, 0) is 0 Å². The summed E-state index contributed by atoms with van der Waals surface area (Å²) in [6, 6.07) is 5.68. The molecule has 0 saturated heterocycles. The van der Waals surface area contributed by atoms with Crippen LogP contribution in [-0.4, -0.2) is 35.0 Å². The number of rotatable bonds is 5. The Morgan fingerprint density at radius 2 is 2.00 bits per heavy atom. The van der Waals surface area contributed by atoms with Crippen LogP contribution < -0.4 is 14.8 Å². The monoisotopic (exact) mass is 304 g/mol. The fourth-order valence-electron chi connectivity index (χ4n) is 1.71. The number of methoxy groups -OCH3 is 2. The highest BCUT2D eigenvalue weighted by Gasteiger charge is 2.21. The van der Waals surface area contributed by atoms with Crippen LogP contribution in [0.5, 0.6) is 11.9 Å². The minimum atomic E-state index is -0.667. The highest BCUT2D eigenvalue weighted by atomic mass is 16.6. The number of benzene rings is 1. The van der Waals surface area contributed by atoms with Gasteiger partial charge in [-0.1, -0.05) is 12.1 Å². The topological polar surface area (TPSA) is 116 Å². The molecule has 9 heteroatoms. The normalized spacial score (nSPS) is 9.91. The van der Waals surface area contributed by atoms with Crippen LogP contribution in [0.2, 0.25) is 0 Å². The Morgan fingerprint density at radius 1 is 1.27 bits per heavy atom. The molecule has 0 aliphatic heterocycles. The van der Waals surface area contributed by atoms with E-state index in [1.807, 2.05) is 0 Å². The molecule has 114 valence electrons. The predicted octanol–water partition coefficient (Wildman–Crippen LogP) is 1.65. The van der Waals surface area contributed by atoms with Gasteiger partial charge in [0, 0.05) is 6.07 Å². The second kappa shape index (κ2) is 6.48. The van der Waals surface area contributed by atoms with E-state index in [1.54, 1.807) is 0 Å². The average molecular weight is 304 g/mol. The van der Waals surface area contributed by atoms with Crippen LogP contribution in [0.3, 0.4) is 0 Å². The van der Waals surface area contributed by atoms with Gasteiger partial charge in [-0.05, 0) is 6.07 Å². The summed E-state index contributed by atoms with van der Waals surface area (Å²) < 4.78 is 9.87. The maximum Gasteiger partial charge on any atom is 0.319 e. The van der Waals surface area contributed by atoms with Gasteiger partial charge >= 0.3 is 6.01 Å². The number of nitro benzene ring substituents is 1. The number of carbonyl (C=O) groups excluding carboxylic acids is 1. The van der Waals surface area contributed by atoms with Crippen LogP contribution in [0, 0.1) is 10.1 Å². The van der Waals surface area contributed by atoms with Crippen molar-refractivity contribution in [3.8, 4) is 11.9 Å². The molecule has 0 fully saturated rings. The summed E-state index contributed by atoms with van der Waals surface area (Å²) in [7, 11) is 2.75.